The maximum atomic E-state index is 13.1. The highest BCUT2D eigenvalue weighted by atomic mass is 19.1. The Morgan fingerprint density at radius 3 is 2.65 bits per heavy atom. The number of halogens is 1. The van der Waals surface area contributed by atoms with Crippen molar-refractivity contribution in [2.75, 3.05) is 13.1 Å². The monoisotopic (exact) mass is 239 g/mol. The molecule has 0 unspecified atom stereocenters. The number of nitro benzene ring substituents is 1. The van der Waals surface area contributed by atoms with Crippen molar-refractivity contribution >= 4 is 11.6 Å². The van der Waals surface area contributed by atoms with E-state index in [1.54, 1.807) is 0 Å². The van der Waals surface area contributed by atoms with Crippen molar-refractivity contribution in [3.05, 3.63) is 39.7 Å². The van der Waals surface area contributed by atoms with Gasteiger partial charge in [0.15, 0.2) is 0 Å². The first-order chi connectivity index (χ1) is 7.97. The van der Waals surface area contributed by atoms with Crippen molar-refractivity contribution in [2.24, 2.45) is 5.73 Å². The van der Waals surface area contributed by atoms with Gasteiger partial charge in [-0.25, -0.2) is 4.39 Å². The standard InChI is InChI=1S/C10H10FN3O3/c11-7-1-6(2-9(3-7)14(16)17)10(15)13-4-8(12)5-13/h1-3,8H,4-5,12H2. The number of amides is 1. The first-order valence-corrected chi connectivity index (χ1v) is 4.97. The average Bonchev–Trinajstić information content (AvgIpc) is 2.23. The van der Waals surface area contributed by atoms with Crippen LogP contribution in [-0.2, 0) is 0 Å². The fourth-order valence-corrected chi connectivity index (χ4v) is 1.66. The second-order valence-electron chi connectivity index (χ2n) is 3.93. The van der Waals surface area contributed by atoms with E-state index in [1.165, 1.54) is 4.90 Å². The Morgan fingerprint density at radius 1 is 1.47 bits per heavy atom. The highest BCUT2D eigenvalue weighted by molar-refractivity contribution is 5.95. The zero-order chi connectivity index (χ0) is 12.6. The molecule has 90 valence electrons. The van der Waals surface area contributed by atoms with Crippen LogP contribution in [0.3, 0.4) is 0 Å². The molecule has 1 saturated heterocycles. The molecule has 0 aliphatic carbocycles. The van der Waals surface area contributed by atoms with E-state index in [9.17, 15) is 19.3 Å². The quantitative estimate of drug-likeness (QED) is 0.601. The lowest BCUT2D eigenvalue weighted by Gasteiger charge is -2.36. The lowest BCUT2D eigenvalue weighted by Crippen LogP contribution is -2.57. The molecule has 7 heteroatoms. The minimum Gasteiger partial charge on any atom is -0.335 e. The Balaban J connectivity index is 2.26. The van der Waals surface area contributed by atoms with E-state index in [0.717, 1.165) is 18.2 Å². The predicted molar refractivity (Wildman–Crippen MR) is 56.9 cm³/mol. The number of carbonyl (C=O) groups excluding carboxylic acids is 1. The van der Waals surface area contributed by atoms with Crippen LogP contribution in [0.15, 0.2) is 18.2 Å². The number of likely N-dealkylation sites (tertiary alicyclic amines) is 1. The third kappa shape index (κ3) is 2.23. The van der Waals surface area contributed by atoms with E-state index >= 15 is 0 Å². The molecule has 0 radical (unpaired) electrons. The summed E-state index contributed by atoms with van der Waals surface area (Å²) in [5.41, 5.74) is 5.06. The van der Waals surface area contributed by atoms with Crippen molar-refractivity contribution < 1.29 is 14.1 Å². The fourth-order valence-electron chi connectivity index (χ4n) is 1.66. The van der Waals surface area contributed by atoms with Gasteiger partial charge in [0, 0.05) is 30.8 Å². The van der Waals surface area contributed by atoms with Gasteiger partial charge in [0.05, 0.1) is 11.0 Å². The summed E-state index contributed by atoms with van der Waals surface area (Å²) in [6.07, 6.45) is 0. The van der Waals surface area contributed by atoms with Gasteiger partial charge in [-0.1, -0.05) is 0 Å². The van der Waals surface area contributed by atoms with Crippen LogP contribution in [0.25, 0.3) is 0 Å². The lowest BCUT2D eigenvalue weighted by atomic mass is 10.1. The number of nitrogens with zero attached hydrogens (tertiary/aromatic N) is 2. The summed E-state index contributed by atoms with van der Waals surface area (Å²) >= 11 is 0. The third-order valence-corrected chi connectivity index (χ3v) is 2.54. The fraction of sp³-hybridized carbons (Fsp3) is 0.300. The highest BCUT2D eigenvalue weighted by Crippen LogP contribution is 2.19. The average molecular weight is 239 g/mol. The van der Waals surface area contributed by atoms with E-state index in [1.807, 2.05) is 0 Å². The van der Waals surface area contributed by atoms with Gasteiger partial charge in [-0.05, 0) is 6.07 Å². The predicted octanol–water partition coefficient (Wildman–Crippen LogP) is 0.517. The second kappa shape index (κ2) is 4.10. The van der Waals surface area contributed by atoms with E-state index in [0.29, 0.717) is 13.1 Å². The molecule has 0 atom stereocenters. The Hall–Kier alpha value is -2.02. The SMILES string of the molecule is NC1CN(C(=O)c2cc(F)cc([N+](=O)[O-])c2)C1. The van der Waals surface area contributed by atoms with E-state index in [-0.39, 0.29) is 11.6 Å². The molecular formula is C10H10FN3O3. The van der Waals surface area contributed by atoms with Gasteiger partial charge in [-0.2, -0.15) is 0 Å². The van der Waals surface area contributed by atoms with Crippen LogP contribution in [0.2, 0.25) is 0 Å². The Morgan fingerprint density at radius 2 is 2.12 bits per heavy atom. The molecule has 0 bridgehead atoms. The largest absolute Gasteiger partial charge is 0.335 e. The molecule has 1 aromatic carbocycles. The van der Waals surface area contributed by atoms with Crippen molar-refractivity contribution in [1.29, 1.82) is 0 Å². The summed E-state index contributed by atoms with van der Waals surface area (Å²) < 4.78 is 13.1. The molecule has 1 aromatic rings. The topological polar surface area (TPSA) is 89.5 Å². The highest BCUT2D eigenvalue weighted by Gasteiger charge is 2.29. The molecular weight excluding hydrogens is 229 g/mol. The van der Waals surface area contributed by atoms with Crippen molar-refractivity contribution in [1.82, 2.24) is 4.90 Å². The molecule has 6 nitrogen and oxygen atoms in total. The van der Waals surface area contributed by atoms with Gasteiger partial charge in [0.1, 0.15) is 5.82 Å². The van der Waals surface area contributed by atoms with Crippen molar-refractivity contribution in [3.8, 4) is 0 Å². The summed E-state index contributed by atoms with van der Waals surface area (Å²) in [5, 5.41) is 10.5. The molecule has 1 aliphatic rings. The summed E-state index contributed by atoms with van der Waals surface area (Å²) in [5.74, 6) is -1.23. The van der Waals surface area contributed by atoms with Gasteiger partial charge < -0.3 is 10.6 Å². The van der Waals surface area contributed by atoms with Gasteiger partial charge in [-0.3, -0.25) is 14.9 Å². The smallest absolute Gasteiger partial charge is 0.273 e. The van der Waals surface area contributed by atoms with E-state index < -0.39 is 22.3 Å². The van der Waals surface area contributed by atoms with Gasteiger partial charge >= 0.3 is 0 Å². The Kier molecular flexibility index (Phi) is 2.76. The molecule has 17 heavy (non-hydrogen) atoms. The number of rotatable bonds is 2. The molecule has 0 saturated carbocycles. The first kappa shape index (κ1) is 11.5. The lowest BCUT2D eigenvalue weighted by molar-refractivity contribution is -0.385. The number of hydrogen-bond acceptors (Lipinski definition) is 4. The minimum atomic E-state index is -0.799. The van der Waals surface area contributed by atoms with Crippen LogP contribution in [0.4, 0.5) is 10.1 Å². The number of non-ortho nitro benzene ring substituents is 1. The van der Waals surface area contributed by atoms with Crippen LogP contribution in [0.1, 0.15) is 10.4 Å². The first-order valence-electron chi connectivity index (χ1n) is 4.97. The number of carbonyl (C=O) groups is 1. The zero-order valence-electron chi connectivity index (χ0n) is 8.80. The van der Waals surface area contributed by atoms with Crippen LogP contribution in [0.5, 0.6) is 0 Å². The zero-order valence-corrected chi connectivity index (χ0v) is 8.80. The van der Waals surface area contributed by atoms with Gasteiger partial charge in [0.2, 0.25) is 0 Å². The van der Waals surface area contributed by atoms with E-state index in [4.69, 9.17) is 5.73 Å². The molecule has 1 heterocycles. The van der Waals surface area contributed by atoms with Crippen LogP contribution >= 0.6 is 0 Å². The number of nitro groups is 1. The van der Waals surface area contributed by atoms with Gasteiger partial charge in [0.25, 0.3) is 11.6 Å². The summed E-state index contributed by atoms with van der Waals surface area (Å²) in [6, 6.07) is 2.76. The van der Waals surface area contributed by atoms with Crippen molar-refractivity contribution in [3.63, 3.8) is 0 Å². The number of benzene rings is 1. The van der Waals surface area contributed by atoms with Gasteiger partial charge in [-0.15, -0.1) is 0 Å². The van der Waals surface area contributed by atoms with E-state index in [2.05, 4.69) is 0 Å². The maximum absolute atomic E-state index is 13.1. The molecule has 1 amide bonds. The van der Waals surface area contributed by atoms with Crippen LogP contribution in [0, 0.1) is 15.9 Å². The third-order valence-electron chi connectivity index (χ3n) is 2.54. The number of nitrogens with two attached hydrogens (primary N) is 1. The summed E-state index contributed by atoms with van der Waals surface area (Å²) in [4.78, 5) is 23.0. The molecule has 1 fully saturated rings. The molecule has 2 N–H and O–H groups in total. The maximum Gasteiger partial charge on any atom is 0.273 e. The van der Waals surface area contributed by atoms with Crippen LogP contribution in [-0.4, -0.2) is 34.9 Å². The molecule has 0 spiro atoms. The molecule has 0 aromatic heterocycles. The van der Waals surface area contributed by atoms with Crippen molar-refractivity contribution in [2.45, 2.75) is 6.04 Å². The molecule has 2 rings (SSSR count). The summed E-state index contributed by atoms with van der Waals surface area (Å²) in [6.45, 7) is 0.784. The van der Waals surface area contributed by atoms with Crippen LogP contribution < -0.4 is 5.73 Å². The Bertz CT molecular complexity index is 486. The normalized spacial score (nSPS) is 15.5. The molecule has 1 aliphatic heterocycles. The Labute approximate surface area is 96.0 Å². The second-order valence-corrected chi connectivity index (χ2v) is 3.93. The summed E-state index contributed by atoms with van der Waals surface area (Å²) in [7, 11) is 0. The number of hydrogen-bond donors (Lipinski definition) is 1. The minimum absolute atomic E-state index is 0.0244.